The predicted octanol–water partition coefficient (Wildman–Crippen LogP) is 3.34. The summed E-state index contributed by atoms with van der Waals surface area (Å²) in [6, 6.07) is 6.14. The Balaban J connectivity index is 2.27. The van der Waals surface area contributed by atoms with Crippen LogP contribution in [0.4, 0.5) is 0 Å². The maximum Gasteiger partial charge on any atom is 0.254 e. The summed E-state index contributed by atoms with van der Waals surface area (Å²) >= 11 is 5.40. The fourth-order valence-corrected chi connectivity index (χ4v) is 3.40. The van der Waals surface area contributed by atoms with E-state index in [2.05, 4.69) is 22.9 Å². The number of rotatable bonds is 1. The van der Waals surface area contributed by atoms with E-state index < -0.39 is 0 Å². The van der Waals surface area contributed by atoms with E-state index in [0.717, 1.165) is 33.7 Å². The Kier molecular flexibility index (Phi) is 4.15. The van der Waals surface area contributed by atoms with Gasteiger partial charge < -0.3 is 4.90 Å². The summed E-state index contributed by atoms with van der Waals surface area (Å²) in [5, 5.41) is 0. The van der Waals surface area contributed by atoms with Gasteiger partial charge >= 0.3 is 0 Å². The molecular weight excluding hydrogens is 298 g/mol. The van der Waals surface area contributed by atoms with Gasteiger partial charge in [0.25, 0.3) is 5.91 Å². The van der Waals surface area contributed by atoms with E-state index in [9.17, 15) is 4.79 Å². The van der Waals surface area contributed by atoms with Gasteiger partial charge in [0.15, 0.2) is 0 Å². The molecule has 0 aromatic heterocycles. The minimum atomic E-state index is 0.164. The molecule has 2 rings (SSSR count). The number of thioether (sulfide) groups is 1. The van der Waals surface area contributed by atoms with Crippen LogP contribution in [-0.2, 0) is 0 Å². The number of halogens is 1. The van der Waals surface area contributed by atoms with Crippen LogP contribution in [0.5, 0.6) is 0 Å². The first-order valence-electron chi connectivity index (χ1n) is 5.75. The van der Waals surface area contributed by atoms with Crippen LogP contribution >= 0.6 is 27.7 Å². The molecule has 0 spiro atoms. The topological polar surface area (TPSA) is 20.3 Å². The van der Waals surface area contributed by atoms with Gasteiger partial charge in [-0.2, -0.15) is 11.8 Å². The van der Waals surface area contributed by atoms with Crippen LogP contribution in [-0.4, -0.2) is 34.9 Å². The normalized spacial score (nSPS) is 20.4. The van der Waals surface area contributed by atoms with Gasteiger partial charge in [-0.1, -0.05) is 22.0 Å². The highest BCUT2D eigenvalue weighted by atomic mass is 79.9. The number of amides is 1. The van der Waals surface area contributed by atoms with Gasteiger partial charge in [0.2, 0.25) is 0 Å². The minimum absolute atomic E-state index is 0.164. The molecule has 1 aliphatic heterocycles. The van der Waals surface area contributed by atoms with Crippen LogP contribution in [0.2, 0.25) is 0 Å². The molecule has 4 heteroatoms. The van der Waals surface area contributed by atoms with Crippen LogP contribution in [0.3, 0.4) is 0 Å². The van der Waals surface area contributed by atoms with Gasteiger partial charge in [-0.25, -0.2) is 0 Å². The number of nitrogens with zero attached hydrogens (tertiary/aromatic N) is 1. The van der Waals surface area contributed by atoms with E-state index in [-0.39, 0.29) is 5.91 Å². The van der Waals surface area contributed by atoms with E-state index >= 15 is 0 Å². The zero-order chi connectivity index (χ0) is 12.4. The summed E-state index contributed by atoms with van der Waals surface area (Å²) in [4.78, 5) is 14.5. The Bertz CT molecular complexity index is 435. The highest BCUT2D eigenvalue weighted by Gasteiger charge is 2.25. The average molecular weight is 314 g/mol. The standard InChI is InChI=1S/C13H16BrNOS/c1-9-8-17-7-6-15(9)13(16)11-4-3-5-12(14)10(11)2/h3-5,9H,6-8H2,1-2H3. The number of hydrogen-bond donors (Lipinski definition) is 0. The fraction of sp³-hybridized carbons (Fsp3) is 0.462. The van der Waals surface area contributed by atoms with E-state index in [0.29, 0.717) is 6.04 Å². The molecular formula is C13H16BrNOS. The summed E-state index contributed by atoms with van der Waals surface area (Å²) in [5.41, 5.74) is 1.85. The third kappa shape index (κ3) is 2.68. The lowest BCUT2D eigenvalue weighted by molar-refractivity contribution is 0.0715. The molecule has 1 aromatic rings. The molecule has 0 saturated carbocycles. The molecule has 17 heavy (non-hydrogen) atoms. The van der Waals surface area contributed by atoms with Gasteiger partial charge in [-0.15, -0.1) is 0 Å². The molecule has 1 atom stereocenters. The second-order valence-electron chi connectivity index (χ2n) is 4.33. The quantitative estimate of drug-likeness (QED) is 0.792. The molecule has 0 radical (unpaired) electrons. The van der Waals surface area contributed by atoms with Crippen molar-refractivity contribution in [1.29, 1.82) is 0 Å². The van der Waals surface area contributed by atoms with Gasteiger partial charge in [-0.05, 0) is 31.5 Å². The van der Waals surface area contributed by atoms with Gasteiger partial charge in [0, 0.05) is 34.1 Å². The molecule has 1 unspecified atom stereocenters. The average Bonchev–Trinajstić information content (AvgIpc) is 2.32. The summed E-state index contributed by atoms with van der Waals surface area (Å²) in [7, 11) is 0. The number of carbonyl (C=O) groups excluding carboxylic acids is 1. The summed E-state index contributed by atoms with van der Waals surface area (Å²) in [6.45, 7) is 4.97. The van der Waals surface area contributed by atoms with Crippen LogP contribution in [0.1, 0.15) is 22.8 Å². The maximum atomic E-state index is 12.5. The van der Waals surface area contributed by atoms with Crippen LogP contribution in [0.25, 0.3) is 0 Å². The Labute approximate surface area is 115 Å². The molecule has 1 aliphatic rings. The monoisotopic (exact) mass is 313 g/mol. The lowest BCUT2D eigenvalue weighted by Crippen LogP contribution is -2.44. The highest BCUT2D eigenvalue weighted by molar-refractivity contribution is 9.10. The molecule has 1 aromatic carbocycles. The first-order valence-corrected chi connectivity index (χ1v) is 7.70. The van der Waals surface area contributed by atoms with Crippen LogP contribution in [0.15, 0.2) is 22.7 Å². The SMILES string of the molecule is Cc1c(Br)cccc1C(=O)N1CCSCC1C. The van der Waals surface area contributed by atoms with Crippen molar-refractivity contribution in [2.45, 2.75) is 19.9 Å². The van der Waals surface area contributed by atoms with Gasteiger partial charge in [-0.3, -0.25) is 4.79 Å². The molecule has 2 nitrogen and oxygen atoms in total. The predicted molar refractivity (Wildman–Crippen MR) is 76.7 cm³/mol. The first-order chi connectivity index (χ1) is 8.11. The van der Waals surface area contributed by atoms with Crippen molar-refractivity contribution in [3.8, 4) is 0 Å². The lowest BCUT2D eigenvalue weighted by atomic mass is 10.1. The maximum absolute atomic E-state index is 12.5. The second-order valence-corrected chi connectivity index (χ2v) is 6.34. The Hall–Kier alpha value is -0.480. The van der Waals surface area contributed by atoms with Crippen molar-refractivity contribution < 1.29 is 4.79 Å². The Morgan fingerprint density at radius 3 is 3.00 bits per heavy atom. The second kappa shape index (κ2) is 5.44. The minimum Gasteiger partial charge on any atom is -0.334 e. The lowest BCUT2D eigenvalue weighted by Gasteiger charge is -2.33. The summed E-state index contributed by atoms with van der Waals surface area (Å²) in [6.07, 6.45) is 0. The summed E-state index contributed by atoms with van der Waals surface area (Å²) in [5.74, 6) is 2.25. The molecule has 0 aliphatic carbocycles. The molecule has 0 N–H and O–H groups in total. The highest BCUT2D eigenvalue weighted by Crippen LogP contribution is 2.23. The third-order valence-electron chi connectivity index (χ3n) is 3.13. The molecule has 1 heterocycles. The van der Waals surface area contributed by atoms with Crippen molar-refractivity contribution in [1.82, 2.24) is 4.90 Å². The molecule has 0 bridgehead atoms. The van der Waals surface area contributed by atoms with Crippen LogP contribution in [0, 0.1) is 6.92 Å². The molecule has 1 fully saturated rings. The Morgan fingerprint density at radius 1 is 1.53 bits per heavy atom. The van der Waals surface area contributed by atoms with Crippen molar-refractivity contribution in [2.75, 3.05) is 18.1 Å². The fourth-order valence-electron chi connectivity index (χ4n) is 2.02. The zero-order valence-electron chi connectivity index (χ0n) is 10.1. The summed E-state index contributed by atoms with van der Waals surface area (Å²) < 4.78 is 1.00. The van der Waals surface area contributed by atoms with Gasteiger partial charge in [0.1, 0.15) is 0 Å². The van der Waals surface area contributed by atoms with Crippen molar-refractivity contribution >= 4 is 33.6 Å². The zero-order valence-corrected chi connectivity index (χ0v) is 12.5. The third-order valence-corrected chi connectivity index (χ3v) is 5.18. The van der Waals surface area contributed by atoms with E-state index in [1.54, 1.807) is 0 Å². The first kappa shape index (κ1) is 13.0. The van der Waals surface area contributed by atoms with E-state index in [4.69, 9.17) is 0 Å². The van der Waals surface area contributed by atoms with E-state index in [1.807, 2.05) is 41.8 Å². The number of benzene rings is 1. The largest absolute Gasteiger partial charge is 0.334 e. The van der Waals surface area contributed by atoms with Crippen LogP contribution < -0.4 is 0 Å². The van der Waals surface area contributed by atoms with E-state index in [1.165, 1.54) is 0 Å². The van der Waals surface area contributed by atoms with Crippen molar-refractivity contribution in [2.24, 2.45) is 0 Å². The molecule has 1 amide bonds. The van der Waals surface area contributed by atoms with Gasteiger partial charge in [0.05, 0.1) is 0 Å². The number of carbonyl (C=O) groups is 1. The molecule has 1 saturated heterocycles. The van der Waals surface area contributed by atoms with Crippen molar-refractivity contribution in [3.05, 3.63) is 33.8 Å². The Morgan fingerprint density at radius 2 is 2.29 bits per heavy atom. The smallest absolute Gasteiger partial charge is 0.254 e. The van der Waals surface area contributed by atoms with Crippen molar-refractivity contribution in [3.63, 3.8) is 0 Å². The number of hydrogen-bond acceptors (Lipinski definition) is 2. The molecule has 92 valence electrons.